The summed E-state index contributed by atoms with van der Waals surface area (Å²) in [6, 6.07) is 12.5. The van der Waals surface area contributed by atoms with Crippen molar-refractivity contribution in [3.63, 3.8) is 0 Å². The van der Waals surface area contributed by atoms with Crippen LogP contribution in [0.15, 0.2) is 48.7 Å². The zero-order valence-corrected chi connectivity index (χ0v) is 23.2. The molecule has 2 aliphatic rings. The summed E-state index contributed by atoms with van der Waals surface area (Å²) >= 11 is 0. The summed E-state index contributed by atoms with van der Waals surface area (Å²) in [6.07, 6.45) is 3.12. The summed E-state index contributed by atoms with van der Waals surface area (Å²) in [6.45, 7) is 7.50. The lowest BCUT2D eigenvalue weighted by Crippen LogP contribution is -2.54. The van der Waals surface area contributed by atoms with E-state index in [9.17, 15) is 14.4 Å². The first-order chi connectivity index (χ1) is 18.6. The molecule has 4 amide bonds. The van der Waals surface area contributed by atoms with E-state index in [0.717, 1.165) is 5.69 Å². The zero-order chi connectivity index (χ0) is 28.0. The number of rotatable bonds is 5. The van der Waals surface area contributed by atoms with Gasteiger partial charge in [-0.3, -0.25) is 9.78 Å². The lowest BCUT2D eigenvalue weighted by atomic mass is 9.87. The van der Waals surface area contributed by atoms with E-state index in [1.54, 1.807) is 18.2 Å². The number of urea groups is 1. The molecule has 2 aromatic rings. The molecule has 39 heavy (non-hydrogen) atoms. The van der Waals surface area contributed by atoms with E-state index in [1.165, 1.54) is 0 Å². The van der Waals surface area contributed by atoms with Crippen LogP contribution in [0.2, 0.25) is 0 Å². The molecule has 2 saturated heterocycles. The molecule has 0 radical (unpaired) electrons. The standard InChI is InChI=1S/C29H39N5O5/c1-29(2,3)39-28(37)33-15-12-20(13-16-33)26(35)34-17-14-25(32-27(36)31-21-8-6-5-7-9-21)23(19-34)24-11-10-22(38-4)18-30-24/h5-11,18,20,23,25H,12-17,19H2,1-4H3,(H2,31,32,36)/t23-,25+/m0/s1. The Balaban J connectivity index is 1.41. The molecule has 3 heterocycles. The summed E-state index contributed by atoms with van der Waals surface area (Å²) < 4.78 is 10.7. The van der Waals surface area contributed by atoms with Crippen molar-refractivity contribution in [3.8, 4) is 5.75 Å². The summed E-state index contributed by atoms with van der Waals surface area (Å²) in [5.41, 5.74) is 0.947. The minimum atomic E-state index is -0.551. The number of nitrogens with one attached hydrogen (secondary N) is 2. The second-order valence-electron chi connectivity index (χ2n) is 11.1. The van der Waals surface area contributed by atoms with Crippen LogP contribution in [0, 0.1) is 5.92 Å². The average Bonchev–Trinajstić information content (AvgIpc) is 2.92. The van der Waals surface area contributed by atoms with Gasteiger partial charge in [0.15, 0.2) is 0 Å². The van der Waals surface area contributed by atoms with Crippen LogP contribution in [0.25, 0.3) is 0 Å². The monoisotopic (exact) mass is 537 g/mol. The number of pyridine rings is 1. The quantitative estimate of drug-likeness (QED) is 0.590. The molecule has 0 bridgehead atoms. The van der Waals surface area contributed by atoms with Crippen molar-refractivity contribution < 1.29 is 23.9 Å². The van der Waals surface area contributed by atoms with Gasteiger partial charge in [0, 0.05) is 55.4 Å². The van der Waals surface area contributed by atoms with Crippen LogP contribution in [0.1, 0.15) is 51.6 Å². The van der Waals surface area contributed by atoms with Gasteiger partial charge in [0.05, 0.1) is 13.3 Å². The molecule has 10 nitrogen and oxygen atoms in total. The number of nitrogens with zero attached hydrogens (tertiary/aromatic N) is 3. The third kappa shape index (κ3) is 7.61. The van der Waals surface area contributed by atoms with Gasteiger partial charge >= 0.3 is 12.1 Å². The lowest BCUT2D eigenvalue weighted by molar-refractivity contribution is -0.138. The number of hydrogen-bond donors (Lipinski definition) is 2. The summed E-state index contributed by atoms with van der Waals surface area (Å²) in [5, 5.41) is 5.98. The number of ether oxygens (including phenoxy) is 2. The van der Waals surface area contributed by atoms with Gasteiger partial charge in [-0.05, 0) is 64.3 Å². The Morgan fingerprint density at radius 2 is 1.64 bits per heavy atom. The van der Waals surface area contributed by atoms with E-state index in [1.807, 2.05) is 68.1 Å². The highest BCUT2D eigenvalue weighted by atomic mass is 16.6. The SMILES string of the molecule is COc1ccc([C@@H]2CN(C(=O)C3CCN(C(=O)OC(C)(C)C)CC3)CC[C@H]2NC(=O)Nc2ccccc2)nc1. The summed E-state index contributed by atoms with van der Waals surface area (Å²) in [5.74, 6) is 0.395. The molecule has 4 rings (SSSR count). The van der Waals surface area contributed by atoms with Crippen molar-refractivity contribution in [2.24, 2.45) is 5.92 Å². The molecule has 2 fully saturated rings. The molecule has 0 saturated carbocycles. The first kappa shape index (κ1) is 28.2. The lowest BCUT2D eigenvalue weighted by Gasteiger charge is -2.41. The maximum atomic E-state index is 13.6. The predicted molar refractivity (Wildman–Crippen MR) is 148 cm³/mol. The number of amides is 4. The van der Waals surface area contributed by atoms with Crippen LogP contribution in [0.3, 0.4) is 0 Å². The molecular weight excluding hydrogens is 498 g/mol. The van der Waals surface area contributed by atoms with Crippen LogP contribution in [-0.2, 0) is 9.53 Å². The number of para-hydroxylation sites is 1. The largest absolute Gasteiger partial charge is 0.495 e. The van der Waals surface area contributed by atoms with Gasteiger partial charge in [0.25, 0.3) is 0 Å². The van der Waals surface area contributed by atoms with Crippen LogP contribution >= 0.6 is 0 Å². The highest BCUT2D eigenvalue weighted by Gasteiger charge is 2.38. The number of carbonyl (C=O) groups excluding carboxylic acids is 3. The van der Waals surface area contributed by atoms with E-state index < -0.39 is 5.60 Å². The number of methoxy groups -OCH3 is 1. The third-order valence-electron chi connectivity index (χ3n) is 7.14. The number of likely N-dealkylation sites (tertiary alicyclic amines) is 2. The topological polar surface area (TPSA) is 113 Å². The van der Waals surface area contributed by atoms with E-state index in [2.05, 4.69) is 15.6 Å². The Kier molecular flexibility index (Phi) is 8.93. The van der Waals surface area contributed by atoms with Gasteiger partial charge in [0.1, 0.15) is 11.4 Å². The van der Waals surface area contributed by atoms with Crippen LogP contribution in [-0.4, -0.2) is 77.7 Å². The highest BCUT2D eigenvalue weighted by Crippen LogP contribution is 2.30. The molecule has 1 aromatic heterocycles. The van der Waals surface area contributed by atoms with Crippen molar-refractivity contribution in [1.82, 2.24) is 20.1 Å². The Hall–Kier alpha value is -3.82. The maximum absolute atomic E-state index is 13.6. The Bertz CT molecular complexity index is 1130. The summed E-state index contributed by atoms with van der Waals surface area (Å²) in [7, 11) is 1.59. The van der Waals surface area contributed by atoms with E-state index in [-0.39, 0.29) is 35.9 Å². The number of carbonyl (C=O) groups is 3. The van der Waals surface area contributed by atoms with Crippen molar-refractivity contribution in [1.29, 1.82) is 0 Å². The van der Waals surface area contributed by atoms with Gasteiger partial charge in [-0.2, -0.15) is 0 Å². The molecule has 2 aliphatic heterocycles. The highest BCUT2D eigenvalue weighted by molar-refractivity contribution is 5.89. The summed E-state index contributed by atoms with van der Waals surface area (Å²) in [4.78, 5) is 46.9. The van der Waals surface area contributed by atoms with Gasteiger partial charge in [-0.25, -0.2) is 9.59 Å². The predicted octanol–water partition coefficient (Wildman–Crippen LogP) is 4.24. The van der Waals surface area contributed by atoms with Gasteiger partial charge in [0.2, 0.25) is 5.91 Å². The van der Waals surface area contributed by atoms with E-state index in [0.29, 0.717) is 56.9 Å². The first-order valence-electron chi connectivity index (χ1n) is 13.5. The molecule has 0 spiro atoms. The second-order valence-corrected chi connectivity index (χ2v) is 11.1. The number of benzene rings is 1. The zero-order valence-electron chi connectivity index (χ0n) is 23.2. The van der Waals surface area contributed by atoms with Gasteiger partial charge < -0.3 is 29.9 Å². The van der Waals surface area contributed by atoms with Crippen molar-refractivity contribution in [3.05, 3.63) is 54.4 Å². The normalized spacial score (nSPS) is 20.2. The van der Waals surface area contributed by atoms with Gasteiger partial charge in [-0.15, -0.1) is 0 Å². The number of hydrogen-bond acceptors (Lipinski definition) is 6. The maximum Gasteiger partial charge on any atom is 0.410 e. The van der Waals surface area contributed by atoms with E-state index in [4.69, 9.17) is 9.47 Å². The third-order valence-corrected chi connectivity index (χ3v) is 7.14. The molecule has 0 aliphatic carbocycles. The smallest absolute Gasteiger partial charge is 0.410 e. The molecule has 210 valence electrons. The number of piperidine rings is 2. The molecule has 0 unspecified atom stereocenters. The van der Waals surface area contributed by atoms with Gasteiger partial charge in [-0.1, -0.05) is 18.2 Å². The molecule has 1 aromatic carbocycles. The fraction of sp³-hybridized carbons (Fsp3) is 0.517. The van der Waals surface area contributed by atoms with Crippen LogP contribution < -0.4 is 15.4 Å². The molecule has 2 atom stereocenters. The molecule has 2 N–H and O–H groups in total. The minimum absolute atomic E-state index is 0.0875. The second kappa shape index (κ2) is 12.4. The van der Waals surface area contributed by atoms with E-state index >= 15 is 0 Å². The minimum Gasteiger partial charge on any atom is -0.495 e. The Morgan fingerprint density at radius 1 is 0.949 bits per heavy atom. The molecule has 10 heteroatoms. The average molecular weight is 538 g/mol. The van der Waals surface area contributed by atoms with Crippen LogP contribution in [0.5, 0.6) is 5.75 Å². The van der Waals surface area contributed by atoms with Crippen molar-refractivity contribution in [2.45, 2.75) is 57.6 Å². The van der Waals surface area contributed by atoms with Crippen molar-refractivity contribution >= 4 is 23.7 Å². The fourth-order valence-corrected chi connectivity index (χ4v) is 5.11. The van der Waals surface area contributed by atoms with Crippen molar-refractivity contribution in [2.75, 3.05) is 38.6 Å². The number of anilines is 1. The Labute approximate surface area is 230 Å². The first-order valence-corrected chi connectivity index (χ1v) is 13.5. The fourth-order valence-electron chi connectivity index (χ4n) is 5.11. The molecular formula is C29H39N5O5. The Morgan fingerprint density at radius 3 is 2.26 bits per heavy atom. The number of aromatic nitrogens is 1. The van der Waals surface area contributed by atoms with Crippen LogP contribution in [0.4, 0.5) is 15.3 Å².